The van der Waals surface area contributed by atoms with Crippen LogP contribution in [0.3, 0.4) is 0 Å². The quantitative estimate of drug-likeness (QED) is 0.873. The molecule has 4 rings (SSSR count). The van der Waals surface area contributed by atoms with E-state index in [0.717, 1.165) is 25.7 Å². The molecule has 6 nitrogen and oxygen atoms in total. The Morgan fingerprint density at radius 2 is 1.85 bits per heavy atom. The number of hydrogen-bond acceptors (Lipinski definition) is 4. The standard InChI is InChI=1S/C20H24N2O4S/c1-15-17(8-14-26-15)19(23)22-12-10-20(11-13-22)9-7-18(20)21-27(24,25)16-5-3-2-4-6-16/h2-6,8,14,18,21H,7,9-13H2,1H3/t18-/m1/s1. The number of rotatable bonds is 4. The van der Waals surface area contributed by atoms with Crippen LogP contribution in [0.1, 0.15) is 41.8 Å². The van der Waals surface area contributed by atoms with Crippen LogP contribution in [0.15, 0.2) is 52.0 Å². The Hall–Kier alpha value is -2.12. The Kier molecular flexibility index (Phi) is 4.60. The number of benzene rings is 1. The second-order valence-corrected chi connectivity index (χ2v) is 9.28. The normalized spacial score (nSPS) is 21.8. The molecule has 2 aromatic rings. The fourth-order valence-corrected chi connectivity index (χ4v) is 5.66. The Morgan fingerprint density at radius 1 is 1.15 bits per heavy atom. The summed E-state index contributed by atoms with van der Waals surface area (Å²) in [6.07, 6.45) is 5.02. The largest absolute Gasteiger partial charge is 0.469 e. The van der Waals surface area contributed by atoms with Crippen LogP contribution >= 0.6 is 0 Å². The van der Waals surface area contributed by atoms with E-state index in [4.69, 9.17) is 4.42 Å². The maximum atomic E-state index is 12.6. The zero-order valence-electron chi connectivity index (χ0n) is 15.3. The third kappa shape index (κ3) is 3.30. The lowest BCUT2D eigenvalue weighted by Gasteiger charge is -2.53. The van der Waals surface area contributed by atoms with Crippen LogP contribution in [0.5, 0.6) is 0 Å². The fraction of sp³-hybridized carbons (Fsp3) is 0.450. The summed E-state index contributed by atoms with van der Waals surface area (Å²) in [6.45, 7) is 3.08. The summed E-state index contributed by atoms with van der Waals surface area (Å²) < 4.78 is 33.4. The molecule has 1 aromatic heterocycles. The molecule has 1 spiro atoms. The van der Waals surface area contributed by atoms with Gasteiger partial charge < -0.3 is 9.32 Å². The number of nitrogens with zero attached hydrogens (tertiary/aromatic N) is 1. The van der Waals surface area contributed by atoms with E-state index < -0.39 is 10.0 Å². The van der Waals surface area contributed by atoms with Crippen molar-refractivity contribution in [3.63, 3.8) is 0 Å². The summed E-state index contributed by atoms with van der Waals surface area (Å²) in [5, 5.41) is 0. The van der Waals surface area contributed by atoms with E-state index in [1.165, 1.54) is 6.26 Å². The van der Waals surface area contributed by atoms with Crippen molar-refractivity contribution in [2.75, 3.05) is 13.1 Å². The first-order valence-corrected chi connectivity index (χ1v) is 10.8. The van der Waals surface area contributed by atoms with Crippen molar-refractivity contribution in [2.45, 2.75) is 43.5 Å². The fourth-order valence-electron chi connectivity index (χ4n) is 4.27. The van der Waals surface area contributed by atoms with Crippen LogP contribution in [0.4, 0.5) is 0 Å². The van der Waals surface area contributed by atoms with Crippen LogP contribution in [-0.2, 0) is 10.0 Å². The average molecular weight is 388 g/mol. The first-order chi connectivity index (χ1) is 12.9. The highest BCUT2D eigenvalue weighted by atomic mass is 32.2. The second kappa shape index (κ2) is 6.80. The first kappa shape index (κ1) is 18.3. The Morgan fingerprint density at radius 3 is 2.41 bits per heavy atom. The molecular weight excluding hydrogens is 364 g/mol. The Labute approximate surface area is 159 Å². The maximum absolute atomic E-state index is 12.6. The maximum Gasteiger partial charge on any atom is 0.257 e. The number of nitrogens with one attached hydrogen (secondary N) is 1. The van der Waals surface area contributed by atoms with E-state index in [0.29, 0.717) is 29.3 Å². The number of aryl methyl sites for hydroxylation is 1. The number of carbonyl (C=O) groups excluding carboxylic acids is 1. The molecule has 1 saturated carbocycles. The van der Waals surface area contributed by atoms with E-state index in [9.17, 15) is 13.2 Å². The minimum absolute atomic E-state index is 0.00293. The third-order valence-electron chi connectivity index (χ3n) is 6.16. The van der Waals surface area contributed by atoms with Gasteiger partial charge in [0, 0.05) is 19.1 Å². The zero-order valence-corrected chi connectivity index (χ0v) is 16.2. The van der Waals surface area contributed by atoms with Crippen LogP contribution in [0.25, 0.3) is 0 Å². The van der Waals surface area contributed by atoms with Crippen LogP contribution in [0.2, 0.25) is 0 Å². The van der Waals surface area contributed by atoms with Gasteiger partial charge in [0.2, 0.25) is 10.0 Å². The number of likely N-dealkylation sites (tertiary alicyclic amines) is 1. The molecule has 1 amide bonds. The first-order valence-electron chi connectivity index (χ1n) is 9.32. The molecule has 1 saturated heterocycles. The molecule has 2 fully saturated rings. The summed E-state index contributed by atoms with van der Waals surface area (Å²) in [7, 11) is -3.51. The predicted octanol–water partition coefficient (Wildman–Crippen LogP) is 2.95. The number of carbonyl (C=O) groups is 1. The van der Waals surface area contributed by atoms with Crippen molar-refractivity contribution in [2.24, 2.45) is 5.41 Å². The smallest absolute Gasteiger partial charge is 0.257 e. The summed E-state index contributed by atoms with van der Waals surface area (Å²) in [6, 6.07) is 10.1. The van der Waals surface area contributed by atoms with E-state index >= 15 is 0 Å². The van der Waals surface area contributed by atoms with Crippen molar-refractivity contribution < 1.29 is 17.6 Å². The molecule has 1 aromatic carbocycles. The molecule has 27 heavy (non-hydrogen) atoms. The molecule has 0 unspecified atom stereocenters. The zero-order chi connectivity index (χ0) is 19.1. The second-order valence-electron chi connectivity index (χ2n) is 7.57. The molecular formula is C20H24N2O4S. The summed E-state index contributed by atoms with van der Waals surface area (Å²) in [5.41, 5.74) is 0.574. The van der Waals surface area contributed by atoms with Crippen LogP contribution in [0, 0.1) is 12.3 Å². The van der Waals surface area contributed by atoms with E-state index in [2.05, 4.69) is 4.72 Å². The minimum Gasteiger partial charge on any atom is -0.469 e. The molecule has 0 bridgehead atoms. The van der Waals surface area contributed by atoms with Gasteiger partial charge in [-0.15, -0.1) is 0 Å². The van der Waals surface area contributed by atoms with Gasteiger partial charge in [0.1, 0.15) is 5.76 Å². The Bertz CT molecular complexity index is 928. The van der Waals surface area contributed by atoms with Gasteiger partial charge in [0.25, 0.3) is 5.91 Å². The SMILES string of the molecule is Cc1occc1C(=O)N1CCC2(CC[C@H]2NS(=O)(=O)c2ccccc2)CC1. The van der Waals surface area contributed by atoms with Crippen molar-refractivity contribution in [1.29, 1.82) is 0 Å². The number of furan rings is 1. The molecule has 7 heteroatoms. The molecule has 2 aliphatic rings. The van der Waals surface area contributed by atoms with Crippen molar-refractivity contribution in [1.82, 2.24) is 9.62 Å². The lowest BCUT2D eigenvalue weighted by Crippen LogP contribution is -2.59. The molecule has 1 N–H and O–H groups in total. The Balaban J connectivity index is 1.41. The van der Waals surface area contributed by atoms with Gasteiger partial charge in [0.15, 0.2) is 0 Å². The number of sulfonamides is 1. The topological polar surface area (TPSA) is 79.6 Å². The minimum atomic E-state index is -3.51. The van der Waals surface area contributed by atoms with Crippen LogP contribution < -0.4 is 4.72 Å². The van der Waals surface area contributed by atoms with E-state index in [1.807, 2.05) is 4.90 Å². The average Bonchev–Trinajstić information content (AvgIpc) is 3.11. The number of amides is 1. The highest BCUT2D eigenvalue weighted by molar-refractivity contribution is 7.89. The molecule has 2 heterocycles. The van der Waals surface area contributed by atoms with Gasteiger partial charge in [-0.3, -0.25) is 4.79 Å². The summed E-state index contributed by atoms with van der Waals surface area (Å²) >= 11 is 0. The summed E-state index contributed by atoms with van der Waals surface area (Å²) in [4.78, 5) is 14.8. The summed E-state index contributed by atoms with van der Waals surface area (Å²) in [5.74, 6) is 0.634. The van der Waals surface area contributed by atoms with Gasteiger partial charge in [-0.25, -0.2) is 13.1 Å². The van der Waals surface area contributed by atoms with Gasteiger partial charge >= 0.3 is 0 Å². The van der Waals surface area contributed by atoms with Gasteiger partial charge in [-0.05, 0) is 56.2 Å². The number of piperidine rings is 1. The molecule has 144 valence electrons. The number of hydrogen-bond donors (Lipinski definition) is 1. The lowest BCUT2D eigenvalue weighted by molar-refractivity contribution is 0.00504. The highest BCUT2D eigenvalue weighted by Gasteiger charge is 2.50. The van der Waals surface area contributed by atoms with Crippen molar-refractivity contribution in [3.05, 3.63) is 54.0 Å². The van der Waals surface area contributed by atoms with Crippen LogP contribution in [-0.4, -0.2) is 38.4 Å². The molecule has 1 aliphatic heterocycles. The van der Waals surface area contributed by atoms with Crippen molar-refractivity contribution >= 4 is 15.9 Å². The van der Waals surface area contributed by atoms with E-state index in [-0.39, 0.29) is 17.4 Å². The van der Waals surface area contributed by atoms with Gasteiger partial charge in [-0.2, -0.15) is 0 Å². The van der Waals surface area contributed by atoms with Gasteiger partial charge in [-0.1, -0.05) is 18.2 Å². The molecule has 1 atom stereocenters. The van der Waals surface area contributed by atoms with Gasteiger partial charge in [0.05, 0.1) is 16.7 Å². The molecule has 1 aliphatic carbocycles. The third-order valence-corrected chi connectivity index (χ3v) is 7.64. The predicted molar refractivity (Wildman–Crippen MR) is 101 cm³/mol. The monoisotopic (exact) mass is 388 g/mol. The highest BCUT2D eigenvalue weighted by Crippen LogP contribution is 2.49. The molecule has 0 radical (unpaired) electrons. The van der Waals surface area contributed by atoms with E-state index in [1.54, 1.807) is 43.3 Å². The van der Waals surface area contributed by atoms with Crippen molar-refractivity contribution in [3.8, 4) is 0 Å². The lowest BCUT2D eigenvalue weighted by atomic mass is 9.59.